The molecule has 0 unspecified atom stereocenters. The Morgan fingerprint density at radius 3 is 2.40 bits per heavy atom. The Hall–Kier alpha value is -2.97. The lowest BCUT2D eigenvalue weighted by atomic mass is 10.2. The zero-order valence-corrected chi connectivity index (χ0v) is 21.4. The summed E-state index contributed by atoms with van der Waals surface area (Å²) in [6.07, 6.45) is 1.69. The summed E-state index contributed by atoms with van der Waals surface area (Å²) in [4.78, 5) is 31.8. The van der Waals surface area contributed by atoms with Crippen molar-refractivity contribution >= 4 is 81.0 Å². The number of amidine groups is 1. The Balaban J connectivity index is 1.55. The third kappa shape index (κ3) is 6.18. The van der Waals surface area contributed by atoms with Gasteiger partial charge in [-0.3, -0.25) is 14.5 Å². The summed E-state index contributed by atoms with van der Waals surface area (Å²) in [7, 11) is 1.59. The Kier molecular flexibility index (Phi) is 8.03. The van der Waals surface area contributed by atoms with Gasteiger partial charge in [0.05, 0.1) is 28.6 Å². The van der Waals surface area contributed by atoms with Gasteiger partial charge in [0.1, 0.15) is 11.4 Å². The summed E-state index contributed by atoms with van der Waals surface area (Å²) in [6.45, 7) is 0. The molecule has 0 spiro atoms. The van der Waals surface area contributed by atoms with Crippen molar-refractivity contribution in [2.24, 2.45) is 4.99 Å². The van der Waals surface area contributed by atoms with E-state index in [2.05, 4.69) is 10.3 Å². The number of methoxy groups -OCH3 is 1. The van der Waals surface area contributed by atoms with Crippen molar-refractivity contribution in [2.45, 2.75) is 0 Å². The van der Waals surface area contributed by atoms with Gasteiger partial charge in [-0.05, 0) is 66.2 Å². The Morgan fingerprint density at radius 1 is 1.03 bits per heavy atom. The van der Waals surface area contributed by atoms with E-state index in [1.165, 1.54) is 4.90 Å². The van der Waals surface area contributed by atoms with Crippen molar-refractivity contribution < 1.29 is 14.3 Å². The number of rotatable bonds is 6. The summed E-state index contributed by atoms with van der Waals surface area (Å²) in [5.74, 6) is 0.134. The van der Waals surface area contributed by atoms with Gasteiger partial charge in [-0.25, -0.2) is 4.99 Å². The number of nitrogens with one attached hydrogen (secondary N) is 1. The first-order valence-electron chi connectivity index (χ1n) is 10.3. The molecule has 3 aromatic carbocycles. The minimum atomic E-state index is -0.310. The van der Waals surface area contributed by atoms with E-state index < -0.39 is 0 Å². The number of carbonyl (C=O) groups excluding carboxylic acids is 2. The molecular formula is C25H18Cl3N3O3S. The second-order valence-corrected chi connectivity index (χ2v) is 9.47. The van der Waals surface area contributed by atoms with Crippen LogP contribution in [0.15, 0.2) is 77.4 Å². The van der Waals surface area contributed by atoms with Crippen molar-refractivity contribution in [2.75, 3.05) is 23.1 Å². The number of anilines is 2. The number of nitrogens with zero attached hydrogens (tertiary/aromatic N) is 2. The summed E-state index contributed by atoms with van der Waals surface area (Å²) in [5.41, 5.74) is 2.15. The molecule has 4 rings (SSSR count). The van der Waals surface area contributed by atoms with E-state index in [0.717, 1.165) is 17.3 Å². The molecule has 0 bridgehead atoms. The van der Waals surface area contributed by atoms with Gasteiger partial charge in [0.15, 0.2) is 5.17 Å². The van der Waals surface area contributed by atoms with Gasteiger partial charge in [0.25, 0.3) is 5.91 Å². The molecule has 0 radical (unpaired) electrons. The second-order valence-electron chi connectivity index (χ2n) is 7.28. The fourth-order valence-electron chi connectivity index (χ4n) is 3.17. The quantitative estimate of drug-likeness (QED) is 0.346. The van der Waals surface area contributed by atoms with Crippen LogP contribution in [0.2, 0.25) is 15.1 Å². The zero-order valence-electron chi connectivity index (χ0n) is 18.3. The Morgan fingerprint density at radius 2 is 1.74 bits per heavy atom. The number of carbonyl (C=O) groups is 2. The van der Waals surface area contributed by atoms with Crippen LogP contribution in [0.5, 0.6) is 5.75 Å². The van der Waals surface area contributed by atoms with Crippen LogP contribution in [0.1, 0.15) is 5.56 Å². The highest BCUT2D eigenvalue weighted by Crippen LogP contribution is 2.31. The van der Waals surface area contributed by atoms with E-state index in [4.69, 9.17) is 39.5 Å². The maximum atomic E-state index is 13.3. The third-order valence-electron chi connectivity index (χ3n) is 4.87. The molecule has 0 saturated heterocycles. The molecule has 1 aliphatic heterocycles. The maximum absolute atomic E-state index is 13.3. The van der Waals surface area contributed by atoms with E-state index in [-0.39, 0.29) is 23.3 Å². The van der Waals surface area contributed by atoms with E-state index in [1.54, 1.807) is 67.8 Å². The molecule has 1 heterocycles. The SMILES string of the molecule is COc1ccc(/C=C2\N=C(SCC(=O)Nc3ccc(Cl)c(Cl)c3)N(c3ccc(Cl)cc3)C2=O)cc1. The molecule has 0 atom stereocenters. The summed E-state index contributed by atoms with van der Waals surface area (Å²) in [6, 6.07) is 18.9. The van der Waals surface area contributed by atoms with Crippen LogP contribution in [0, 0.1) is 0 Å². The largest absolute Gasteiger partial charge is 0.497 e. The molecule has 35 heavy (non-hydrogen) atoms. The van der Waals surface area contributed by atoms with Crippen molar-refractivity contribution in [1.29, 1.82) is 0 Å². The zero-order chi connectivity index (χ0) is 24.9. The first kappa shape index (κ1) is 25.1. The van der Waals surface area contributed by atoms with Crippen molar-refractivity contribution in [1.82, 2.24) is 0 Å². The van der Waals surface area contributed by atoms with Gasteiger partial charge in [0.2, 0.25) is 5.91 Å². The van der Waals surface area contributed by atoms with Crippen LogP contribution in [-0.2, 0) is 9.59 Å². The predicted octanol–water partition coefficient (Wildman–Crippen LogP) is 6.77. The summed E-state index contributed by atoms with van der Waals surface area (Å²) in [5, 5.41) is 4.42. The van der Waals surface area contributed by atoms with Crippen LogP contribution in [0.25, 0.3) is 6.08 Å². The highest BCUT2D eigenvalue weighted by atomic mass is 35.5. The van der Waals surface area contributed by atoms with Crippen LogP contribution in [0.3, 0.4) is 0 Å². The summed E-state index contributed by atoms with van der Waals surface area (Å²) >= 11 is 19.1. The number of halogens is 3. The topological polar surface area (TPSA) is 71.0 Å². The Bertz CT molecular complexity index is 1330. The molecule has 6 nitrogen and oxygen atoms in total. The first-order valence-corrected chi connectivity index (χ1v) is 12.4. The number of hydrogen-bond donors (Lipinski definition) is 1. The van der Waals surface area contributed by atoms with Gasteiger partial charge >= 0.3 is 0 Å². The lowest BCUT2D eigenvalue weighted by molar-refractivity contribution is -0.114. The third-order valence-corrected chi connectivity index (χ3v) is 6.80. The van der Waals surface area contributed by atoms with Crippen LogP contribution < -0.4 is 15.0 Å². The van der Waals surface area contributed by atoms with E-state index in [9.17, 15) is 9.59 Å². The molecular weight excluding hydrogens is 529 g/mol. The second kappa shape index (κ2) is 11.2. The molecule has 0 aliphatic carbocycles. The van der Waals surface area contributed by atoms with Gasteiger partial charge in [-0.15, -0.1) is 0 Å². The van der Waals surface area contributed by atoms with Gasteiger partial charge in [0, 0.05) is 10.7 Å². The normalized spacial score (nSPS) is 14.3. The fraction of sp³-hybridized carbons (Fsp3) is 0.0800. The number of thioether (sulfide) groups is 1. The molecule has 1 N–H and O–H groups in total. The first-order chi connectivity index (χ1) is 16.8. The molecule has 0 aromatic heterocycles. The van der Waals surface area contributed by atoms with Gasteiger partial charge < -0.3 is 10.1 Å². The monoisotopic (exact) mass is 545 g/mol. The minimum Gasteiger partial charge on any atom is -0.497 e. The van der Waals surface area contributed by atoms with Crippen molar-refractivity contribution in [3.05, 3.63) is 93.1 Å². The number of aliphatic imine (C=N–C) groups is 1. The maximum Gasteiger partial charge on any atom is 0.283 e. The number of ether oxygens (including phenoxy) is 1. The highest BCUT2D eigenvalue weighted by molar-refractivity contribution is 8.14. The smallest absolute Gasteiger partial charge is 0.283 e. The standard InChI is InChI=1S/C25H18Cl3N3O3S/c1-34-19-9-2-15(3-10-19)12-22-24(33)31(18-7-4-16(26)5-8-18)25(30-22)35-14-23(32)29-17-6-11-20(27)21(28)13-17/h2-13H,14H2,1H3,(H,29,32)/b22-12-. The van der Waals surface area contributed by atoms with Crippen molar-refractivity contribution in [3.63, 3.8) is 0 Å². The molecule has 178 valence electrons. The predicted molar refractivity (Wildman–Crippen MR) is 145 cm³/mol. The molecule has 0 saturated carbocycles. The Labute approximate surface area is 221 Å². The highest BCUT2D eigenvalue weighted by Gasteiger charge is 2.32. The lowest BCUT2D eigenvalue weighted by Crippen LogP contribution is -2.31. The minimum absolute atomic E-state index is 0.0201. The number of benzene rings is 3. The average Bonchev–Trinajstić information content (AvgIpc) is 3.16. The number of amides is 2. The van der Waals surface area contributed by atoms with Crippen LogP contribution >= 0.6 is 46.6 Å². The molecule has 10 heteroatoms. The molecule has 3 aromatic rings. The van der Waals surface area contributed by atoms with Crippen molar-refractivity contribution in [3.8, 4) is 5.75 Å². The number of hydrogen-bond acceptors (Lipinski definition) is 5. The van der Waals surface area contributed by atoms with Crippen LogP contribution in [-0.4, -0.2) is 29.8 Å². The average molecular weight is 547 g/mol. The molecule has 2 amide bonds. The lowest BCUT2D eigenvalue weighted by Gasteiger charge is -2.17. The summed E-state index contributed by atoms with van der Waals surface area (Å²) < 4.78 is 5.18. The van der Waals surface area contributed by atoms with E-state index >= 15 is 0 Å². The fourth-order valence-corrected chi connectivity index (χ4v) is 4.41. The van der Waals surface area contributed by atoms with Gasteiger partial charge in [-0.1, -0.05) is 58.7 Å². The van der Waals surface area contributed by atoms with E-state index in [0.29, 0.717) is 37.4 Å². The molecule has 0 fully saturated rings. The van der Waals surface area contributed by atoms with Crippen LogP contribution in [0.4, 0.5) is 11.4 Å². The molecule has 1 aliphatic rings. The van der Waals surface area contributed by atoms with Gasteiger partial charge in [-0.2, -0.15) is 0 Å². The van der Waals surface area contributed by atoms with E-state index in [1.807, 2.05) is 12.1 Å².